The van der Waals surface area contributed by atoms with Crippen molar-refractivity contribution < 1.29 is 9.59 Å². The van der Waals surface area contributed by atoms with Crippen molar-refractivity contribution >= 4 is 29.9 Å². The van der Waals surface area contributed by atoms with Crippen molar-refractivity contribution in [1.82, 2.24) is 5.32 Å². The fourth-order valence-corrected chi connectivity index (χ4v) is 1.97. The van der Waals surface area contributed by atoms with Gasteiger partial charge in [-0.1, -0.05) is 12.1 Å². The predicted octanol–water partition coefficient (Wildman–Crippen LogP) is 0.998. The van der Waals surface area contributed by atoms with Crippen LogP contribution in [-0.2, 0) is 9.59 Å². The monoisotopic (exact) mass is 283 g/mol. The van der Waals surface area contributed by atoms with Crippen LogP contribution in [0.15, 0.2) is 24.3 Å². The number of hydrogen-bond acceptors (Lipinski definition) is 3. The number of hydrogen-bond donors (Lipinski definition) is 3. The number of benzene rings is 1. The molecule has 2 rings (SSSR count). The highest BCUT2D eigenvalue weighted by atomic mass is 35.5. The molecule has 4 N–H and O–H groups in total. The van der Waals surface area contributed by atoms with Crippen LogP contribution < -0.4 is 16.4 Å². The van der Waals surface area contributed by atoms with E-state index in [1.807, 2.05) is 24.3 Å². The van der Waals surface area contributed by atoms with Gasteiger partial charge in [0.25, 0.3) is 0 Å². The maximum absolute atomic E-state index is 11.5. The van der Waals surface area contributed by atoms with Gasteiger partial charge in [-0.25, -0.2) is 0 Å². The van der Waals surface area contributed by atoms with E-state index in [4.69, 9.17) is 5.73 Å². The van der Waals surface area contributed by atoms with E-state index < -0.39 is 6.04 Å². The van der Waals surface area contributed by atoms with Gasteiger partial charge in [-0.2, -0.15) is 0 Å². The number of rotatable bonds is 3. The normalized spacial score (nSPS) is 19.3. The molecule has 6 heteroatoms. The third-order valence-electron chi connectivity index (χ3n) is 3.02. The molecular formula is C13H18ClN3O2. The minimum Gasteiger partial charge on any atom is -0.355 e. The van der Waals surface area contributed by atoms with Crippen LogP contribution in [0.3, 0.4) is 0 Å². The first kappa shape index (κ1) is 15.5. The van der Waals surface area contributed by atoms with Crippen LogP contribution in [0.5, 0.6) is 0 Å². The van der Waals surface area contributed by atoms with Gasteiger partial charge >= 0.3 is 0 Å². The van der Waals surface area contributed by atoms with Crippen LogP contribution in [0.4, 0.5) is 5.69 Å². The summed E-state index contributed by atoms with van der Waals surface area (Å²) in [4.78, 5) is 22.7. The van der Waals surface area contributed by atoms with Gasteiger partial charge in [0.15, 0.2) is 0 Å². The molecule has 1 fully saturated rings. The first-order valence-electron chi connectivity index (χ1n) is 5.99. The first-order valence-corrected chi connectivity index (χ1v) is 5.99. The molecule has 2 amide bonds. The summed E-state index contributed by atoms with van der Waals surface area (Å²) < 4.78 is 0. The van der Waals surface area contributed by atoms with Crippen LogP contribution in [0, 0.1) is 0 Å². The van der Waals surface area contributed by atoms with E-state index >= 15 is 0 Å². The molecule has 2 atom stereocenters. The lowest BCUT2D eigenvalue weighted by atomic mass is 9.98. The zero-order valence-electron chi connectivity index (χ0n) is 10.7. The minimum absolute atomic E-state index is 0. The van der Waals surface area contributed by atoms with E-state index in [2.05, 4.69) is 10.6 Å². The van der Waals surface area contributed by atoms with Crippen LogP contribution >= 0.6 is 12.4 Å². The smallest absolute Gasteiger partial charge is 0.240 e. The summed E-state index contributed by atoms with van der Waals surface area (Å²) in [7, 11) is 0. The molecule has 0 aliphatic carbocycles. The molecule has 1 aromatic carbocycles. The minimum atomic E-state index is -0.539. The van der Waals surface area contributed by atoms with Gasteiger partial charge in [-0.3, -0.25) is 9.59 Å². The Morgan fingerprint density at radius 1 is 1.53 bits per heavy atom. The number of halogens is 1. The Bertz CT molecular complexity index is 477. The quantitative estimate of drug-likeness (QED) is 0.774. The SMILES string of the molecule is C[C@@H](N)C(=O)Nc1cccc(C2CNC(=O)C2)c1.Cl. The largest absolute Gasteiger partial charge is 0.355 e. The predicted molar refractivity (Wildman–Crippen MR) is 76.3 cm³/mol. The first-order chi connectivity index (χ1) is 8.56. The van der Waals surface area contributed by atoms with Crippen LogP contribution in [0.2, 0.25) is 0 Å². The molecule has 1 saturated heterocycles. The Labute approximate surface area is 118 Å². The van der Waals surface area contributed by atoms with Crippen molar-refractivity contribution in [3.05, 3.63) is 29.8 Å². The molecule has 0 saturated carbocycles. The lowest BCUT2D eigenvalue weighted by Crippen LogP contribution is -2.32. The number of amides is 2. The molecule has 1 aliphatic heterocycles. The van der Waals surface area contributed by atoms with Crippen molar-refractivity contribution in [3.8, 4) is 0 Å². The lowest BCUT2D eigenvalue weighted by Gasteiger charge is -2.12. The van der Waals surface area contributed by atoms with Gasteiger partial charge in [0, 0.05) is 24.6 Å². The average molecular weight is 284 g/mol. The van der Waals surface area contributed by atoms with Gasteiger partial charge in [0.2, 0.25) is 11.8 Å². The highest BCUT2D eigenvalue weighted by molar-refractivity contribution is 5.94. The Hall–Kier alpha value is -1.59. The van der Waals surface area contributed by atoms with E-state index in [0.29, 0.717) is 18.7 Å². The van der Waals surface area contributed by atoms with E-state index in [0.717, 1.165) is 5.56 Å². The van der Waals surface area contributed by atoms with Crippen molar-refractivity contribution in [2.24, 2.45) is 5.73 Å². The lowest BCUT2D eigenvalue weighted by molar-refractivity contribution is -0.119. The summed E-state index contributed by atoms with van der Waals surface area (Å²) >= 11 is 0. The molecule has 5 nitrogen and oxygen atoms in total. The molecule has 0 radical (unpaired) electrons. The summed E-state index contributed by atoms with van der Waals surface area (Å²) in [6.07, 6.45) is 0.505. The van der Waals surface area contributed by atoms with Crippen molar-refractivity contribution in [2.45, 2.75) is 25.3 Å². The summed E-state index contributed by atoms with van der Waals surface area (Å²) in [5.41, 5.74) is 7.26. The highest BCUT2D eigenvalue weighted by Crippen LogP contribution is 2.25. The van der Waals surface area contributed by atoms with Gasteiger partial charge < -0.3 is 16.4 Å². The number of carbonyl (C=O) groups excluding carboxylic acids is 2. The maximum atomic E-state index is 11.5. The van der Waals surface area contributed by atoms with Gasteiger partial charge in [-0.15, -0.1) is 12.4 Å². The molecule has 104 valence electrons. The fraction of sp³-hybridized carbons (Fsp3) is 0.385. The van der Waals surface area contributed by atoms with Crippen molar-refractivity contribution in [3.63, 3.8) is 0 Å². The van der Waals surface area contributed by atoms with Crippen LogP contribution in [-0.4, -0.2) is 24.4 Å². The second-order valence-corrected chi connectivity index (χ2v) is 4.61. The Kier molecular flexibility index (Phi) is 5.32. The summed E-state index contributed by atoms with van der Waals surface area (Å²) in [5.74, 6) is 0.0439. The Balaban J connectivity index is 0.00000180. The second kappa shape index (κ2) is 6.54. The Morgan fingerprint density at radius 2 is 2.26 bits per heavy atom. The molecule has 1 aromatic rings. The summed E-state index contributed by atoms with van der Waals surface area (Å²) in [6, 6.07) is 7.00. The standard InChI is InChI=1S/C13H17N3O2.ClH/c1-8(14)13(18)16-11-4-2-3-9(5-11)10-6-12(17)15-7-10;/h2-5,8,10H,6-7,14H2,1H3,(H,15,17)(H,16,18);1H/t8-,10?;/m1./s1. The highest BCUT2D eigenvalue weighted by Gasteiger charge is 2.23. The zero-order valence-corrected chi connectivity index (χ0v) is 11.5. The molecule has 19 heavy (non-hydrogen) atoms. The van der Waals surface area contributed by atoms with E-state index in [1.165, 1.54) is 0 Å². The molecule has 1 heterocycles. The van der Waals surface area contributed by atoms with Crippen molar-refractivity contribution in [2.75, 3.05) is 11.9 Å². The summed E-state index contributed by atoms with van der Waals surface area (Å²) in [5, 5.41) is 5.55. The van der Waals surface area contributed by atoms with Crippen LogP contribution in [0.25, 0.3) is 0 Å². The number of carbonyl (C=O) groups is 2. The van der Waals surface area contributed by atoms with E-state index in [-0.39, 0.29) is 30.1 Å². The zero-order chi connectivity index (χ0) is 13.1. The van der Waals surface area contributed by atoms with Crippen LogP contribution in [0.1, 0.15) is 24.8 Å². The second-order valence-electron chi connectivity index (χ2n) is 4.61. The molecule has 1 aliphatic rings. The maximum Gasteiger partial charge on any atom is 0.240 e. The third kappa shape index (κ3) is 3.94. The molecule has 0 aromatic heterocycles. The Morgan fingerprint density at radius 3 is 2.84 bits per heavy atom. The third-order valence-corrected chi connectivity index (χ3v) is 3.02. The molecule has 0 bridgehead atoms. The van der Waals surface area contributed by atoms with Gasteiger partial charge in [0.1, 0.15) is 0 Å². The summed E-state index contributed by atoms with van der Waals surface area (Å²) in [6.45, 7) is 2.29. The van der Waals surface area contributed by atoms with E-state index in [1.54, 1.807) is 6.92 Å². The van der Waals surface area contributed by atoms with Gasteiger partial charge in [-0.05, 0) is 24.6 Å². The van der Waals surface area contributed by atoms with Gasteiger partial charge in [0.05, 0.1) is 6.04 Å². The number of nitrogens with one attached hydrogen (secondary N) is 2. The van der Waals surface area contributed by atoms with E-state index in [9.17, 15) is 9.59 Å². The fourth-order valence-electron chi connectivity index (χ4n) is 1.97. The molecule has 0 spiro atoms. The van der Waals surface area contributed by atoms with Crippen molar-refractivity contribution in [1.29, 1.82) is 0 Å². The number of nitrogens with two attached hydrogens (primary N) is 1. The molecular weight excluding hydrogens is 266 g/mol. The molecule has 1 unspecified atom stereocenters. The number of anilines is 1. The average Bonchev–Trinajstić information content (AvgIpc) is 2.76. The topological polar surface area (TPSA) is 84.2 Å².